The molecule has 0 fully saturated rings. The van der Waals surface area contributed by atoms with Crippen molar-refractivity contribution in [3.05, 3.63) is 0 Å². The summed E-state index contributed by atoms with van der Waals surface area (Å²) in [7, 11) is 4.21. The number of nitrogens with zero attached hydrogens (tertiary/aromatic N) is 1. The third-order valence-electron chi connectivity index (χ3n) is 0.959. The molecule has 1 heteroatoms. The zero-order valence-corrected chi connectivity index (χ0v) is 5.57. The first kappa shape index (κ1) is 52.2. The maximum absolute atomic E-state index is 2.21. The van der Waals surface area contributed by atoms with Crippen molar-refractivity contribution in [2.24, 2.45) is 0 Å². The van der Waals surface area contributed by atoms with Crippen molar-refractivity contribution in [3.63, 3.8) is 0 Å². The zero-order valence-electron chi connectivity index (χ0n) is 5.57. The van der Waals surface area contributed by atoms with Gasteiger partial charge in [0.15, 0.2) is 0 Å². The highest BCUT2D eigenvalue weighted by Crippen LogP contribution is 1.86. The molecule has 0 aromatic carbocycles. The van der Waals surface area contributed by atoms with Crippen LogP contribution < -0.4 is 0 Å². The topological polar surface area (TPSA) is 3.24 Å². The highest BCUT2D eigenvalue weighted by Gasteiger charge is 1.83. The monoisotopic (exact) mass is 197 g/mol. The Morgan fingerprint density at radius 1 is 0.769 bits per heavy atom. The molecule has 1 nitrogen and oxygen atoms in total. The molecule has 0 bridgehead atoms. The molecule has 0 heterocycles. The molecule has 0 rings (SSSR count). The second kappa shape index (κ2) is 40.4. The van der Waals surface area contributed by atoms with Gasteiger partial charge in [0.2, 0.25) is 0 Å². The van der Waals surface area contributed by atoms with Gasteiger partial charge in [0.05, 0.1) is 0 Å². The third kappa shape index (κ3) is 75.7. The van der Waals surface area contributed by atoms with Crippen molar-refractivity contribution in [1.29, 1.82) is 0 Å². The Morgan fingerprint density at radius 2 is 1.08 bits per heavy atom. The average Bonchev–Trinajstić information content (AvgIpc) is 1.61. The minimum Gasteiger partial charge on any atom is -0.309 e. The van der Waals surface area contributed by atoms with E-state index in [1.54, 1.807) is 0 Å². The second-order valence-electron chi connectivity index (χ2n) is 2.16. The summed E-state index contributed by atoms with van der Waals surface area (Å²) in [4.78, 5) is 2.21. The number of hydrogen-bond acceptors (Lipinski definition) is 1. The van der Waals surface area contributed by atoms with E-state index in [1.807, 2.05) is 0 Å². The van der Waals surface area contributed by atoms with Crippen molar-refractivity contribution in [1.82, 2.24) is 4.90 Å². The maximum Gasteiger partial charge on any atom is -0.00249 e. The lowest BCUT2D eigenvalue weighted by atomic mass is 10.3. The van der Waals surface area contributed by atoms with Crippen LogP contribution in [0.4, 0.5) is 0 Å². The van der Waals surface area contributed by atoms with Crippen molar-refractivity contribution >= 4 is 0 Å². The molecule has 0 aliphatic heterocycles. The SMILES string of the molecule is C.C.C.C.C.C.CCCCN(C)C. The van der Waals surface area contributed by atoms with E-state index >= 15 is 0 Å². The van der Waals surface area contributed by atoms with E-state index in [1.165, 1.54) is 19.4 Å². The Balaban J connectivity index is -0.0000000120. The highest BCUT2D eigenvalue weighted by atomic mass is 15.0. The third-order valence-corrected chi connectivity index (χ3v) is 0.959. The fourth-order valence-corrected chi connectivity index (χ4v) is 0.474. The van der Waals surface area contributed by atoms with E-state index in [9.17, 15) is 0 Å². The Labute approximate surface area is 90.5 Å². The quantitative estimate of drug-likeness (QED) is 0.604. The van der Waals surface area contributed by atoms with Crippen molar-refractivity contribution in [2.45, 2.75) is 64.3 Å². The minimum atomic E-state index is 0. The molecule has 0 radical (unpaired) electrons. The molecule has 0 saturated heterocycles. The average molecular weight is 197 g/mol. The van der Waals surface area contributed by atoms with Gasteiger partial charge in [-0.3, -0.25) is 0 Å². The second-order valence-corrected chi connectivity index (χ2v) is 2.16. The summed E-state index contributed by atoms with van der Waals surface area (Å²) in [5.41, 5.74) is 0. The molecule has 0 aliphatic rings. The van der Waals surface area contributed by atoms with E-state index < -0.39 is 0 Å². The van der Waals surface area contributed by atoms with E-state index in [4.69, 9.17) is 0 Å². The molecule has 0 unspecified atom stereocenters. The van der Waals surface area contributed by atoms with Gasteiger partial charge in [-0.2, -0.15) is 0 Å². The van der Waals surface area contributed by atoms with Crippen molar-refractivity contribution in [2.75, 3.05) is 20.6 Å². The van der Waals surface area contributed by atoms with Crippen LogP contribution in [-0.4, -0.2) is 25.5 Å². The fraction of sp³-hybridized carbons (Fsp3) is 1.00. The van der Waals surface area contributed by atoms with Gasteiger partial charge in [0.25, 0.3) is 0 Å². The van der Waals surface area contributed by atoms with Crippen LogP contribution in [0.25, 0.3) is 0 Å². The lowest BCUT2D eigenvalue weighted by molar-refractivity contribution is 0.398. The first-order valence-corrected chi connectivity index (χ1v) is 2.92. The zero-order chi connectivity index (χ0) is 5.70. The van der Waals surface area contributed by atoms with Crippen LogP contribution in [0, 0.1) is 0 Å². The Morgan fingerprint density at radius 3 is 1.15 bits per heavy atom. The van der Waals surface area contributed by atoms with Gasteiger partial charge in [-0.25, -0.2) is 0 Å². The minimum absolute atomic E-state index is 0. The molecule has 13 heavy (non-hydrogen) atoms. The Bertz CT molecular complexity index is 34.1. The molecule has 0 spiro atoms. The summed E-state index contributed by atoms with van der Waals surface area (Å²) in [5.74, 6) is 0. The molecular formula is C12H39N. The molecule has 0 aliphatic carbocycles. The lowest BCUT2D eigenvalue weighted by Gasteiger charge is -2.05. The Kier molecular flexibility index (Phi) is 162. The largest absolute Gasteiger partial charge is 0.309 e. The highest BCUT2D eigenvalue weighted by molar-refractivity contribution is 4.39. The van der Waals surface area contributed by atoms with Gasteiger partial charge in [0.1, 0.15) is 0 Å². The van der Waals surface area contributed by atoms with Gasteiger partial charge < -0.3 is 4.90 Å². The normalized spacial score (nSPS) is 5.54. The Hall–Kier alpha value is -0.0400. The van der Waals surface area contributed by atoms with Gasteiger partial charge in [-0.15, -0.1) is 0 Å². The molecule has 0 amide bonds. The molecule has 0 saturated carbocycles. The van der Waals surface area contributed by atoms with Crippen LogP contribution in [0.1, 0.15) is 64.3 Å². The van der Waals surface area contributed by atoms with Crippen LogP contribution in [0.3, 0.4) is 0 Å². The smallest absolute Gasteiger partial charge is 0.00249 e. The van der Waals surface area contributed by atoms with Gasteiger partial charge >= 0.3 is 0 Å². The van der Waals surface area contributed by atoms with Crippen molar-refractivity contribution < 1.29 is 0 Å². The van der Waals surface area contributed by atoms with E-state index in [2.05, 4.69) is 25.9 Å². The summed E-state index contributed by atoms with van der Waals surface area (Å²) >= 11 is 0. The summed E-state index contributed by atoms with van der Waals surface area (Å²) in [5, 5.41) is 0. The number of unbranched alkanes of at least 4 members (excludes halogenated alkanes) is 1. The molecular weight excluding hydrogens is 158 g/mol. The van der Waals surface area contributed by atoms with Gasteiger partial charge in [-0.05, 0) is 27.1 Å². The molecule has 92 valence electrons. The number of rotatable bonds is 3. The molecule has 0 atom stereocenters. The predicted octanol–water partition coefficient (Wildman–Crippen LogP) is 5.16. The van der Waals surface area contributed by atoms with Crippen LogP contribution in [0.15, 0.2) is 0 Å². The van der Waals surface area contributed by atoms with Crippen LogP contribution in [0.2, 0.25) is 0 Å². The van der Waals surface area contributed by atoms with E-state index in [0.717, 1.165) is 0 Å². The summed E-state index contributed by atoms with van der Waals surface area (Å²) < 4.78 is 0. The molecule has 0 aromatic heterocycles. The van der Waals surface area contributed by atoms with Crippen LogP contribution >= 0.6 is 0 Å². The van der Waals surface area contributed by atoms with E-state index in [-0.39, 0.29) is 44.6 Å². The lowest BCUT2D eigenvalue weighted by Crippen LogP contribution is -2.12. The van der Waals surface area contributed by atoms with Crippen LogP contribution in [-0.2, 0) is 0 Å². The maximum atomic E-state index is 2.21. The summed E-state index contributed by atoms with van der Waals surface area (Å²) in [6, 6.07) is 0. The predicted molar refractivity (Wildman–Crippen MR) is 73.8 cm³/mol. The van der Waals surface area contributed by atoms with E-state index in [0.29, 0.717) is 0 Å². The number of hydrogen-bond donors (Lipinski definition) is 0. The first-order valence-electron chi connectivity index (χ1n) is 2.92. The fourth-order valence-electron chi connectivity index (χ4n) is 0.474. The summed E-state index contributed by atoms with van der Waals surface area (Å²) in [6.45, 7) is 3.44. The van der Waals surface area contributed by atoms with Gasteiger partial charge in [0, 0.05) is 0 Å². The van der Waals surface area contributed by atoms with Crippen molar-refractivity contribution in [3.8, 4) is 0 Å². The van der Waals surface area contributed by atoms with Crippen LogP contribution in [0.5, 0.6) is 0 Å². The summed E-state index contributed by atoms with van der Waals surface area (Å²) in [6.07, 6.45) is 2.63. The molecule has 0 aromatic rings. The van der Waals surface area contributed by atoms with Gasteiger partial charge in [-0.1, -0.05) is 57.9 Å². The molecule has 0 N–H and O–H groups in total. The standard InChI is InChI=1S/C6H15N.6CH4/c1-4-5-6-7(2)3;;;;;;/h4-6H2,1-3H3;6*1H4. The first-order chi connectivity index (χ1) is 3.27.